The second-order valence-corrected chi connectivity index (χ2v) is 5.54. The third-order valence-corrected chi connectivity index (χ3v) is 3.94. The summed E-state index contributed by atoms with van der Waals surface area (Å²) in [7, 11) is 0. The van der Waals surface area contributed by atoms with Crippen LogP contribution in [0.2, 0.25) is 0 Å². The zero-order valence-corrected chi connectivity index (χ0v) is 10.5. The molecular weight excluding hydrogens is 206 g/mol. The first kappa shape index (κ1) is 11.0. The molecule has 0 saturated carbocycles. The highest BCUT2D eigenvalue weighted by molar-refractivity contribution is 7.11. The molecule has 0 aromatic carbocycles. The van der Waals surface area contributed by atoms with Crippen LogP contribution in [0.5, 0.6) is 0 Å². The van der Waals surface area contributed by atoms with E-state index in [1.807, 2.05) is 11.3 Å². The van der Waals surface area contributed by atoms with Gasteiger partial charge in [-0.1, -0.05) is 0 Å². The van der Waals surface area contributed by atoms with Crippen molar-refractivity contribution in [1.29, 1.82) is 0 Å². The van der Waals surface area contributed by atoms with Crippen molar-refractivity contribution in [3.63, 3.8) is 0 Å². The molecule has 15 heavy (non-hydrogen) atoms. The standard InChI is InChI=1S/C11H19N3S/c1-8(14-6-4-12-5-7-14)11-9(2)15-10(3)13-11/h8,12H,4-7H2,1-3H3. The largest absolute Gasteiger partial charge is 0.314 e. The van der Waals surface area contributed by atoms with Crippen LogP contribution in [0.25, 0.3) is 0 Å². The van der Waals surface area contributed by atoms with Gasteiger partial charge in [-0.3, -0.25) is 4.90 Å². The fourth-order valence-electron chi connectivity index (χ4n) is 2.17. The molecule has 1 saturated heterocycles. The molecule has 3 nitrogen and oxygen atoms in total. The van der Waals surface area contributed by atoms with E-state index in [1.54, 1.807) is 0 Å². The van der Waals surface area contributed by atoms with Gasteiger partial charge in [-0.15, -0.1) is 11.3 Å². The van der Waals surface area contributed by atoms with Crippen molar-refractivity contribution in [2.75, 3.05) is 26.2 Å². The van der Waals surface area contributed by atoms with E-state index >= 15 is 0 Å². The van der Waals surface area contributed by atoms with Crippen LogP contribution >= 0.6 is 11.3 Å². The van der Waals surface area contributed by atoms with Crippen LogP contribution in [0.4, 0.5) is 0 Å². The van der Waals surface area contributed by atoms with Gasteiger partial charge in [0.2, 0.25) is 0 Å². The smallest absolute Gasteiger partial charge is 0.0900 e. The normalized spacial score (nSPS) is 20.5. The molecular formula is C11H19N3S. The van der Waals surface area contributed by atoms with E-state index in [0.29, 0.717) is 6.04 Å². The lowest BCUT2D eigenvalue weighted by Crippen LogP contribution is -2.44. The molecule has 2 rings (SSSR count). The first-order chi connectivity index (χ1) is 7.18. The van der Waals surface area contributed by atoms with Crippen molar-refractivity contribution < 1.29 is 0 Å². The number of aromatic nitrogens is 1. The monoisotopic (exact) mass is 225 g/mol. The van der Waals surface area contributed by atoms with Gasteiger partial charge in [0, 0.05) is 31.1 Å². The summed E-state index contributed by atoms with van der Waals surface area (Å²) in [4.78, 5) is 8.53. The summed E-state index contributed by atoms with van der Waals surface area (Å²) < 4.78 is 0. The Kier molecular flexibility index (Phi) is 3.38. The van der Waals surface area contributed by atoms with Gasteiger partial charge in [0.1, 0.15) is 0 Å². The van der Waals surface area contributed by atoms with E-state index in [0.717, 1.165) is 26.2 Å². The Balaban J connectivity index is 2.12. The quantitative estimate of drug-likeness (QED) is 0.831. The second kappa shape index (κ2) is 4.60. The number of aryl methyl sites for hydroxylation is 2. The minimum atomic E-state index is 0.469. The zero-order chi connectivity index (χ0) is 10.8. The number of nitrogens with zero attached hydrogens (tertiary/aromatic N) is 2. The molecule has 1 aliphatic rings. The number of thiazole rings is 1. The SMILES string of the molecule is Cc1nc(C(C)N2CCNCC2)c(C)s1. The summed E-state index contributed by atoms with van der Waals surface area (Å²) in [5.74, 6) is 0. The van der Waals surface area contributed by atoms with Crippen LogP contribution < -0.4 is 5.32 Å². The van der Waals surface area contributed by atoms with Crippen LogP contribution in [-0.4, -0.2) is 36.1 Å². The topological polar surface area (TPSA) is 28.2 Å². The highest BCUT2D eigenvalue weighted by Crippen LogP contribution is 2.26. The Hall–Kier alpha value is -0.450. The highest BCUT2D eigenvalue weighted by atomic mass is 32.1. The molecule has 1 atom stereocenters. The van der Waals surface area contributed by atoms with Crippen molar-refractivity contribution >= 4 is 11.3 Å². The molecule has 0 radical (unpaired) electrons. The van der Waals surface area contributed by atoms with E-state index in [9.17, 15) is 0 Å². The molecule has 1 N–H and O–H groups in total. The van der Waals surface area contributed by atoms with Crippen LogP contribution in [0.1, 0.15) is 28.5 Å². The van der Waals surface area contributed by atoms with Gasteiger partial charge in [-0.25, -0.2) is 4.98 Å². The number of piperazine rings is 1. The Morgan fingerprint density at radius 2 is 2.00 bits per heavy atom. The molecule has 1 fully saturated rings. The Morgan fingerprint density at radius 1 is 1.33 bits per heavy atom. The van der Waals surface area contributed by atoms with E-state index in [2.05, 4.69) is 36.0 Å². The first-order valence-electron chi connectivity index (χ1n) is 5.57. The fourth-order valence-corrected chi connectivity index (χ4v) is 3.08. The Morgan fingerprint density at radius 3 is 2.53 bits per heavy atom. The van der Waals surface area contributed by atoms with E-state index in [1.165, 1.54) is 15.6 Å². The highest BCUT2D eigenvalue weighted by Gasteiger charge is 2.21. The van der Waals surface area contributed by atoms with Gasteiger partial charge in [0.05, 0.1) is 16.7 Å². The van der Waals surface area contributed by atoms with Gasteiger partial charge in [-0.2, -0.15) is 0 Å². The van der Waals surface area contributed by atoms with Gasteiger partial charge in [0.25, 0.3) is 0 Å². The molecule has 84 valence electrons. The predicted octanol–water partition coefficient (Wildman–Crippen LogP) is 1.73. The summed E-state index contributed by atoms with van der Waals surface area (Å²) >= 11 is 1.81. The summed E-state index contributed by atoms with van der Waals surface area (Å²) in [6.45, 7) is 11.0. The van der Waals surface area contributed by atoms with Gasteiger partial charge >= 0.3 is 0 Å². The fraction of sp³-hybridized carbons (Fsp3) is 0.727. The van der Waals surface area contributed by atoms with Gasteiger partial charge in [-0.05, 0) is 20.8 Å². The second-order valence-electron chi connectivity index (χ2n) is 4.14. The summed E-state index contributed by atoms with van der Waals surface area (Å²) in [5.41, 5.74) is 1.28. The van der Waals surface area contributed by atoms with Crippen molar-refractivity contribution in [3.05, 3.63) is 15.6 Å². The van der Waals surface area contributed by atoms with Crippen molar-refractivity contribution in [1.82, 2.24) is 15.2 Å². The third kappa shape index (κ3) is 2.38. The maximum Gasteiger partial charge on any atom is 0.0900 e. The van der Waals surface area contributed by atoms with Crippen LogP contribution in [0, 0.1) is 13.8 Å². The third-order valence-electron chi connectivity index (χ3n) is 3.03. The molecule has 0 spiro atoms. The molecule has 0 bridgehead atoms. The lowest BCUT2D eigenvalue weighted by atomic mass is 10.1. The Labute approximate surface area is 95.5 Å². The van der Waals surface area contributed by atoms with Gasteiger partial charge in [0.15, 0.2) is 0 Å². The first-order valence-corrected chi connectivity index (χ1v) is 6.39. The van der Waals surface area contributed by atoms with Crippen LogP contribution in [0.15, 0.2) is 0 Å². The van der Waals surface area contributed by atoms with E-state index in [4.69, 9.17) is 0 Å². The maximum absolute atomic E-state index is 4.64. The summed E-state index contributed by atoms with van der Waals surface area (Å²) in [6, 6.07) is 0.469. The number of hydrogen-bond acceptors (Lipinski definition) is 4. The minimum absolute atomic E-state index is 0.469. The average Bonchev–Trinajstić information content (AvgIpc) is 2.58. The molecule has 4 heteroatoms. The van der Waals surface area contributed by atoms with Crippen molar-refractivity contribution in [2.24, 2.45) is 0 Å². The number of hydrogen-bond donors (Lipinski definition) is 1. The lowest BCUT2D eigenvalue weighted by Gasteiger charge is -2.32. The summed E-state index contributed by atoms with van der Waals surface area (Å²) in [5, 5.41) is 4.57. The molecule has 1 aromatic heterocycles. The van der Waals surface area contributed by atoms with Crippen molar-refractivity contribution in [3.8, 4) is 0 Å². The van der Waals surface area contributed by atoms with Crippen LogP contribution in [-0.2, 0) is 0 Å². The van der Waals surface area contributed by atoms with Crippen LogP contribution in [0.3, 0.4) is 0 Å². The van der Waals surface area contributed by atoms with E-state index in [-0.39, 0.29) is 0 Å². The molecule has 1 unspecified atom stereocenters. The summed E-state index contributed by atoms with van der Waals surface area (Å²) in [6.07, 6.45) is 0. The molecule has 2 heterocycles. The number of nitrogens with one attached hydrogen (secondary N) is 1. The van der Waals surface area contributed by atoms with E-state index < -0.39 is 0 Å². The predicted molar refractivity (Wildman–Crippen MR) is 64.4 cm³/mol. The minimum Gasteiger partial charge on any atom is -0.314 e. The maximum atomic E-state index is 4.64. The molecule has 1 aliphatic heterocycles. The molecule has 0 aliphatic carbocycles. The zero-order valence-electron chi connectivity index (χ0n) is 9.71. The molecule has 1 aromatic rings. The van der Waals surface area contributed by atoms with Gasteiger partial charge < -0.3 is 5.32 Å². The average molecular weight is 225 g/mol. The lowest BCUT2D eigenvalue weighted by molar-refractivity contribution is 0.182. The van der Waals surface area contributed by atoms with Crippen molar-refractivity contribution in [2.45, 2.75) is 26.8 Å². The number of rotatable bonds is 2. The molecule has 0 amide bonds. The Bertz CT molecular complexity index is 329.